The molecule has 0 N–H and O–H groups in total. The summed E-state index contributed by atoms with van der Waals surface area (Å²) >= 11 is 0. The smallest absolute Gasteiger partial charge is 0.320 e. The first kappa shape index (κ1) is 15.4. The molecule has 0 bridgehead atoms. The Balaban J connectivity index is 2.08. The van der Waals surface area contributed by atoms with Gasteiger partial charge in [0.15, 0.2) is 0 Å². The molecule has 0 atom stereocenters. The normalized spacial score (nSPS) is 15.1. The fourth-order valence-corrected chi connectivity index (χ4v) is 1.79. The Bertz CT molecular complexity index is 231. The van der Waals surface area contributed by atoms with Gasteiger partial charge in [-0.1, -0.05) is 0 Å². The molecule has 1 aliphatic carbocycles. The molecule has 1 aliphatic rings. The van der Waals surface area contributed by atoms with Crippen molar-refractivity contribution in [3.63, 3.8) is 0 Å². The molecule has 106 valence electrons. The number of hydrogen-bond donors (Lipinski definition) is 0. The Hall–Kier alpha value is -0.650. The second-order valence-corrected chi connectivity index (χ2v) is 4.47. The average molecular weight is 259 g/mol. The van der Waals surface area contributed by atoms with Crippen LogP contribution >= 0.6 is 0 Å². The SMILES string of the molecule is CCOC(=O)CN(CCOCCCOC)C1CC1. The molecule has 0 saturated heterocycles. The van der Waals surface area contributed by atoms with Crippen LogP contribution in [-0.2, 0) is 19.0 Å². The molecular weight excluding hydrogens is 234 g/mol. The summed E-state index contributed by atoms with van der Waals surface area (Å²) in [6.45, 7) is 5.58. The Morgan fingerprint density at radius 3 is 2.67 bits per heavy atom. The monoisotopic (exact) mass is 259 g/mol. The summed E-state index contributed by atoms with van der Waals surface area (Å²) in [5.74, 6) is -0.135. The van der Waals surface area contributed by atoms with E-state index in [-0.39, 0.29) is 5.97 Å². The van der Waals surface area contributed by atoms with Gasteiger partial charge in [0.1, 0.15) is 0 Å². The van der Waals surface area contributed by atoms with Gasteiger partial charge in [0.05, 0.1) is 19.8 Å². The van der Waals surface area contributed by atoms with Crippen LogP contribution in [0.25, 0.3) is 0 Å². The van der Waals surface area contributed by atoms with Crippen molar-refractivity contribution >= 4 is 5.97 Å². The van der Waals surface area contributed by atoms with Crippen LogP contribution in [0.3, 0.4) is 0 Å². The number of ether oxygens (including phenoxy) is 3. The number of esters is 1. The molecule has 0 aromatic carbocycles. The lowest BCUT2D eigenvalue weighted by Crippen LogP contribution is -2.35. The molecule has 5 heteroatoms. The second kappa shape index (κ2) is 9.30. The van der Waals surface area contributed by atoms with Crippen LogP contribution in [0.1, 0.15) is 26.2 Å². The molecule has 0 radical (unpaired) electrons. The van der Waals surface area contributed by atoms with Crippen LogP contribution in [-0.4, -0.2) is 63.5 Å². The summed E-state index contributed by atoms with van der Waals surface area (Å²) < 4.78 is 15.4. The number of hydrogen-bond acceptors (Lipinski definition) is 5. The summed E-state index contributed by atoms with van der Waals surface area (Å²) in [5, 5.41) is 0. The molecule has 0 spiro atoms. The van der Waals surface area contributed by atoms with E-state index in [4.69, 9.17) is 14.2 Å². The first-order chi connectivity index (χ1) is 8.77. The summed E-state index contributed by atoms with van der Waals surface area (Å²) in [6.07, 6.45) is 3.28. The zero-order valence-corrected chi connectivity index (χ0v) is 11.5. The summed E-state index contributed by atoms with van der Waals surface area (Å²) in [7, 11) is 1.69. The summed E-state index contributed by atoms with van der Waals surface area (Å²) in [5.41, 5.74) is 0. The number of methoxy groups -OCH3 is 1. The maximum absolute atomic E-state index is 11.4. The average Bonchev–Trinajstić information content (AvgIpc) is 3.16. The van der Waals surface area contributed by atoms with Crippen LogP contribution in [0.4, 0.5) is 0 Å². The van der Waals surface area contributed by atoms with E-state index in [2.05, 4.69) is 4.90 Å². The van der Waals surface area contributed by atoms with Crippen molar-refractivity contribution in [2.45, 2.75) is 32.2 Å². The number of nitrogens with zero attached hydrogens (tertiary/aromatic N) is 1. The van der Waals surface area contributed by atoms with Gasteiger partial charge in [-0.15, -0.1) is 0 Å². The van der Waals surface area contributed by atoms with Gasteiger partial charge in [-0.2, -0.15) is 0 Å². The minimum absolute atomic E-state index is 0.135. The van der Waals surface area contributed by atoms with E-state index in [0.717, 1.165) is 19.6 Å². The first-order valence-corrected chi connectivity index (χ1v) is 6.74. The Labute approximate surface area is 109 Å². The molecule has 0 aromatic heterocycles. The zero-order valence-electron chi connectivity index (χ0n) is 11.5. The van der Waals surface area contributed by atoms with Crippen LogP contribution in [0.5, 0.6) is 0 Å². The maximum Gasteiger partial charge on any atom is 0.320 e. The molecule has 1 saturated carbocycles. The minimum atomic E-state index is -0.135. The van der Waals surface area contributed by atoms with Crippen LogP contribution in [0, 0.1) is 0 Å². The molecule has 1 rings (SSSR count). The zero-order chi connectivity index (χ0) is 13.2. The van der Waals surface area contributed by atoms with Gasteiger partial charge in [0.2, 0.25) is 0 Å². The lowest BCUT2D eigenvalue weighted by molar-refractivity contribution is -0.144. The second-order valence-electron chi connectivity index (χ2n) is 4.47. The van der Waals surface area contributed by atoms with Crippen molar-refractivity contribution in [3.05, 3.63) is 0 Å². The van der Waals surface area contributed by atoms with E-state index in [1.165, 1.54) is 12.8 Å². The van der Waals surface area contributed by atoms with Crippen LogP contribution in [0.2, 0.25) is 0 Å². The molecule has 0 unspecified atom stereocenters. The lowest BCUT2D eigenvalue weighted by Gasteiger charge is -2.20. The highest BCUT2D eigenvalue weighted by Gasteiger charge is 2.30. The minimum Gasteiger partial charge on any atom is -0.465 e. The Kier molecular flexibility index (Phi) is 7.96. The van der Waals surface area contributed by atoms with Crippen molar-refractivity contribution < 1.29 is 19.0 Å². The summed E-state index contributed by atoms with van der Waals surface area (Å²) in [4.78, 5) is 13.6. The highest BCUT2D eigenvalue weighted by atomic mass is 16.5. The molecule has 18 heavy (non-hydrogen) atoms. The van der Waals surface area contributed by atoms with Crippen LogP contribution < -0.4 is 0 Å². The Morgan fingerprint density at radius 2 is 2.06 bits per heavy atom. The molecule has 0 aromatic rings. The van der Waals surface area contributed by atoms with E-state index in [0.29, 0.717) is 32.4 Å². The molecule has 0 heterocycles. The third kappa shape index (κ3) is 6.93. The number of carbonyl (C=O) groups is 1. The van der Waals surface area contributed by atoms with Crippen molar-refractivity contribution in [3.8, 4) is 0 Å². The van der Waals surface area contributed by atoms with Gasteiger partial charge in [0, 0.05) is 32.9 Å². The third-order valence-corrected chi connectivity index (χ3v) is 2.86. The fraction of sp³-hybridized carbons (Fsp3) is 0.923. The number of rotatable bonds is 11. The highest BCUT2D eigenvalue weighted by Crippen LogP contribution is 2.26. The van der Waals surface area contributed by atoms with Gasteiger partial charge in [-0.3, -0.25) is 9.69 Å². The maximum atomic E-state index is 11.4. The number of carbonyl (C=O) groups excluding carboxylic acids is 1. The van der Waals surface area contributed by atoms with E-state index in [1.807, 2.05) is 6.92 Å². The Morgan fingerprint density at radius 1 is 1.28 bits per heavy atom. The van der Waals surface area contributed by atoms with Gasteiger partial charge in [-0.05, 0) is 26.2 Å². The van der Waals surface area contributed by atoms with Gasteiger partial charge < -0.3 is 14.2 Å². The van der Waals surface area contributed by atoms with Crippen molar-refractivity contribution in [2.24, 2.45) is 0 Å². The largest absolute Gasteiger partial charge is 0.465 e. The standard InChI is InChI=1S/C13H25NO4/c1-3-18-13(15)11-14(12-5-6-12)7-10-17-9-4-8-16-2/h12H,3-11H2,1-2H3. The van der Waals surface area contributed by atoms with Gasteiger partial charge in [-0.25, -0.2) is 0 Å². The lowest BCUT2D eigenvalue weighted by atomic mass is 10.4. The topological polar surface area (TPSA) is 48.0 Å². The van der Waals surface area contributed by atoms with Gasteiger partial charge >= 0.3 is 5.97 Å². The van der Waals surface area contributed by atoms with E-state index in [9.17, 15) is 4.79 Å². The predicted octanol–water partition coefficient (Wildman–Crippen LogP) is 1.07. The van der Waals surface area contributed by atoms with Crippen LogP contribution in [0.15, 0.2) is 0 Å². The van der Waals surface area contributed by atoms with Crippen molar-refractivity contribution in [1.82, 2.24) is 4.90 Å². The first-order valence-electron chi connectivity index (χ1n) is 6.74. The molecule has 1 fully saturated rings. The fourth-order valence-electron chi connectivity index (χ4n) is 1.79. The summed E-state index contributed by atoms with van der Waals surface area (Å²) in [6, 6.07) is 0.553. The quantitative estimate of drug-likeness (QED) is 0.410. The predicted molar refractivity (Wildman–Crippen MR) is 68.5 cm³/mol. The molecule has 0 amide bonds. The third-order valence-electron chi connectivity index (χ3n) is 2.86. The van der Waals surface area contributed by atoms with E-state index >= 15 is 0 Å². The highest BCUT2D eigenvalue weighted by molar-refractivity contribution is 5.71. The molecular formula is C13H25NO4. The van der Waals surface area contributed by atoms with Crippen molar-refractivity contribution in [1.29, 1.82) is 0 Å². The van der Waals surface area contributed by atoms with Crippen molar-refractivity contribution in [2.75, 3.05) is 46.6 Å². The molecule has 5 nitrogen and oxygen atoms in total. The van der Waals surface area contributed by atoms with Gasteiger partial charge in [0.25, 0.3) is 0 Å². The van der Waals surface area contributed by atoms with E-state index < -0.39 is 0 Å². The molecule has 0 aliphatic heterocycles. The van der Waals surface area contributed by atoms with E-state index in [1.54, 1.807) is 7.11 Å².